The molecule has 0 unspecified atom stereocenters. The van der Waals surface area contributed by atoms with Crippen LogP contribution in [0.4, 0.5) is 0 Å². The summed E-state index contributed by atoms with van der Waals surface area (Å²) in [6, 6.07) is 0. The van der Waals surface area contributed by atoms with Gasteiger partial charge >= 0.3 is 5.97 Å². The van der Waals surface area contributed by atoms with E-state index in [1.54, 1.807) is 0 Å². The minimum Gasteiger partial charge on any atom is -0.461 e. The smallest absolute Gasteiger partial charge is 0.313 e. The van der Waals surface area contributed by atoms with Gasteiger partial charge < -0.3 is 9.84 Å². The Morgan fingerprint density at radius 3 is 1.63 bits per heavy atom. The summed E-state index contributed by atoms with van der Waals surface area (Å²) in [5.74, 6) is -0.0534. The maximum atomic E-state index is 11.3. The summed E-state index contributed by atoms with van der Waals surface area (Å²) in [5, 5.41) is 10.1. The van der Waals surface area contributed by atoms with Crippen LogP contribution < -0.4 is 0 Å². The molecule has 0 aromatic heterocycles. The van der Waals surface area contributed by atoms with Crippen LogP contribution in [0.3, 0.4) is 0 Å². The van der Waals surface area contributed by atoms with Gasteiger partial charge in [-0.05, 0) is 12.8 Å². The van der Waals surface area contributed by atoms with Crippen LogP contribution in [-0.2, 0) is 9.53 Å². The predicted molar refractivity (Wildman–Crippen MR) is 114 cm³/mol. The molecule has 1 rings (SSSR count). The highest BCUT2D eigenvalue weighted by molar-refractivity contribution is 5.78. The molecule has 0 spiro atoms. The molecule has 1 aliphatic rings. The van der Waals surface area contributed by atoms with E-state index in [0.29, 0.717) is 6.42 Å². The van der Waals surface area contributed by atoms with Crippen LogP contribution in [0.15, 0.2) is 0 Å². The van der Waals surface area contributed by atoms with Gasteiger partial charge in [-0.25, -0.2) is 0 Å². The van der Waals surface area contributed by atoms with E-state index < -0.39 is 0 Å². The largest absolute Gasteiger partial charge is 0.461 e. The minimum atomic E-state index is -0.306. The summed E-state index contributed by atoms with van der Waals surface area (Å²) in [6.07, 6.45) is 22.4. The number of unbranched alkanes of at least 4 members (excludes halogenated alkanes) is 14. The van der Waals surface area contributed by atoms with Crippen molar-refractivity contribution in [2.75, 3.05) is 0 Å². The molecule has 3 heteroatoms. The van der Waals surface area contributed by atoms with Gasteiger partial charge in [0.15, 0.2) is 0 Å². The van der Waals surface area contributed by atoms with Crippen LogP contribution >= 0.6 is 0 Å². The maximum absolute atomic E-state index is 11.3. The van der Waals surface area contributed by atoms with E-state index in [1.807, 2.05) is 6.92 Å². The second kappa shape index (κ2) is 16.4. The van der Waals surface area contributed by atoms with Gasteiger partial charge in [-0.2, -0.15) is 0 Å². The lowest BCUT2D eigenvalue weighted by molar-refractivity contribution is -0.188. The van der Waals surface area contributed by atoms with E-state index in [4.69, 9.17) is 4.74 Å². The second-order valence-corrected chi connectivity index (χ2v) is 8.62. The molecular weight excluding hydrogens is 336 g/mol. The topological polar surface area (TPSA) is 46.5 Å². The monoisotopic (exact) mass is 382 g/mol. The third-order valence-corrected chi connectivity index (χ3v) is 6.10. The first-order valence-corrected chi connectivity index (χ1v) is 12.1. The highest BCUT2D eigenvalue weighted by atomic mass is 16.6. The molecule has 1 aliphatic heterocycles. The Hall–Kier alpha value is -0.570. The van der Waals surface area contributed by atoms with Crippen LogP contribution in [0, 0.1) is 5.92 Å². The van der Waals surface area contributed by atoms with E-state index in [2.05, 4.69) is 6.92 Å². The quantitative estimate of drug-likeness (QED) is 0.194. The molecule has 3 nitrogen and oxygen atoms in total. The van der Waals surface area contributed by atoms with Gasteiger partial charge in [0, 0.05) is 6.42 Å². The number of hydrogen-bond donors (Lipinski definition) is 1. The number of cyclic esters (lactones) is 1. The highest BCUT2D eigenvalue weighted by Crippen LogP contribution is 2.29. The van der Waals surface area contributed by atoms with E-state index >= 15 is 0 Å². The van der Waals surface area contributed by atoms with Crippen molar-refractivity contribution in [1.82, 2.24) is 0 Å². The van der Waals surface area contributed by atoms with Gasteiger partial charge in [-0.15, -0.1) is 0 Å². The molecule has 0 aromatic carbocycles. The second-order valence-electron chi connectivity index (χ2n) is 8.62. The van der Waals surface area contributed by atoms with E-state index in [9.17, 15) is 9.90 Å². The standard InChI is InChI=1S/C24H46O3/c1-3-5-6-7-8-9-10-11-12-13-14-15-16-17-18-19-21(25)20-23-22(4-2)24(26)27-23/h21-23,25H,3-20H2,1-2H3/t21-,22+,23+/m1/s1. The predicted octanol–water partition coefficient (Wildman–Crippen LogP) is 6.95. The van der Waals surface area contributed by atoms with Crippen molar-refractivity contribution in [1.29, 1.82) is 0 Å². The van der Waals surface area contributed by atoms with Crippen molar-refractivity contribution in [3.63, 3.8) is 0 Å². The normalized spacial score (nSPS) is 20.3. The molecular formula is C24H46O3. The van der Waals surface area contributed by atoms with Crippen molar-refractivity contribution in [2.45, 2.75) is 142 Å². The number of ether oxygens (including phenoxy) is 1. The molecule has 1 fully saturated rings. The van der Waals surface area contributed by atoms with Gasteiger partial charge in [-0.3, -0.25) is 4.79 Å². The number of aliphatic hydroxyl groups is 1. The molecule has 0 radical (unpaired) electrons. The van der Waals surface area contributed by atoms with Crippen LogP contribution in [-0.4, -0.2) is 23.3 Å². The molecule has 1 N–H and O–H groups in total. The first-order chi connectivity index (χ1) is 13.2. The number of rotatable bonds is 19. The summed E-state index contributed by atoms with van der Waals surface area (Å²) in [5.41, 5.74) is 0. The number of aliphatic hydroxyl groups excluding tert-OH is 1. The van der Waals surface area contributed by atoms with Crippen molar-refractivity contribution in [3.05, 3.63) is 0 Å². The summed E-state index contributed by atoms with van der Waals surface area (Å²) < 4.78 is 5.14. The lowest BCUT2D eigenvalue weighted by atomic mass is 9.89. The molecule has 0 aromatic rings. The Morgan fingerprint density at radius 2 is 1.22 bits per heavy atom. The number of esters is 1. The molecule has 1 heterocycles. The van der Waals surface area contributed by atoms with Gasteiger partial charge in [0.05, 0.1) is 12.0 Å². The van der Waals surface area contributed by atoms with Gasteiger partial charge in [0.2, 0.25) is 0 Å². The molecule has 0 amide bonds. The zero-order valence-corrected chi connectivity index (χ0v) is 18.2. The number of carbonyl (C=O) groups is 1. The van der Waals surface area contributed by atoms with Crippen LogP contribution in [0.1, 0.15) is 129 Å². The maximum Gasteiger partial charge on any atom is 0.313 e. The van der Waals surface area contributed by atoms with E-state index in [-0.39, 0.29) is 24.1 Å². The SMILES string of the molecule is CCCCCCCCCCCCCCCCC[C@@H](O)C[C@@H]1OC(=O)[C@H]1CC. The Labute approximate surface area is 168 Å². The highest BCUT2D eigenvalue weighted by Gasteiger charge is 2.41. The zero-order chi connectivity index (χ0) is 19.7. The summed E-state index contributed by atoms with van der Waals surface area (Å²) in [6.45, 7) is 4.29. The minimum absolute atomic E-state index is 0.0284. The summed E-state index contributed by atoms with van der Waals surface area (Å²) in [4.78, 5) is 11.3. The molecule has 0 bridgehead atoms. The van der Waals surface area contributed by atoms with E-state index in [1.165, 1.54) is 89.9 Å². The zero-order valence-electron chi connectivity index (χ0n) is 18.2. The molecule has 0 saturated carbocycles. The molecule has 3 atom stereocenters. The Kier molecular flexibility index (Phi) is 14.9. The third-order valence-electron chi connectivity index (χ3n) is 6.10. The summed E-state index contributed by atoms with van der Waals surface area (Å²) in [7, 11) is 0. The summed E-state index contributed by atoms with van der Waals surface area (Å²) >= 11 is 0. The first-order valence-electron chi connectivity index (χ1n) is 12.1. The van der Waals surface area contributed by atoms with E-state index in [0.717, 1.165) is 19.3 Å². The fourth-order valence-corrected chi connectivity index (χ4v) is 4.18. The van der Waals surface area contributed by atoms with Gasteiger partial charge in [0.1, 0.15) is 6.10 Å². The Morgan fingerprint density at radius 1 is 0.778 bits per heavy atom. The van der Waals surface area contributed by atoms with Crippen molar-refractivity contribution < 1.29 is 14.6 Å². The molecule has 0 aliphatic carbocycles. The van der Waals surface area contributed by atoms with Crippen molar-refractivity contribution >= 4 is 5.97 Å². The van der Waals surface area contributed by atoms with Crippen LogP contribution in [0.25, 0.3) is 0 Å². The lowest BCUT2D eigenvalue weighted by Crippen LogP contribution is -2.46. The third kappa shape index (κ3) is 11.8. The molecule has 160 valence electrons. The number of hydrogen-bond acceptors (Lipinski definition) is 3. The molecule has 1 saturated heterocycles. The van der Waals surface area contributed by atoms with Gasteiger partial charge in [0.25, 0.3) is 0 Å². The Bertz CT molecular complexity index is 356. The first kappa shape index (κ1) is 24.5. The fraction of sp³-hybridized carbons (Fsp3) is 0.958. The Balaban J connectivity index is 1.77. The molecule has 27 heavy (non-hydrogen) atoms. The average molecular weight is 383 g/mol. The van der Waals surface area contributed by atoms with Crippen LogP contribution in [0.5, 0.6) is 0 Å². The van der Waals surface area contributed by atoms with Crippen LogP contribution in [0.2, 0.25) is 0 Å². The van der Waals surface area contributed by atoms with Gasteiger partial charge in [-0.1, -0.05) is 110 Å². The van der Waals surface area contributed by atoms with Crippen molar-refractivity contribution in [3.8, 4) is 0 Å². The lowest BCUT2D eigenvalue weighted by Gasteiger charge is -2.35. The number of carbonyl (C=O) groups excluding carboxylic acids is 1. The average Bonchev–Trinajstić information content (AvgIpc) is 2.64. The van der Waals surface area contributed by atoms with Crippen molar-refractivity contribution in [2.24, 2.45) is 5.92 Å². The fourth-order valence-electron chi connectivity index (χ4n) is 4.18.